The van der Waals surface area contributed by atoms with Crippen LogP contribution in [0, 0.1) is 0 Å². The average molecular weight is 110 g/mol. The van der Waals surface area contributed by atoms with Crippen molar-refractivity contribution in [3.05, 3.63) is 0 Å². The summed E-state index contributed by atoms with van der Waals surface area (Å²) >= 11 is 0. The van der Waals surface area contributed by atoms with E-state index in [1.807, 2.05) is 0 Å². The first-order valence-corrected chi connectivity index (χ1v) is 3.41. The Morgan fingerprint density at radius 1 is 1.80 bits per heavy atom. The van der Waals surface area contributed by atoms with Crippen molar-refractivity contribution in [3.63, 3.8) is 0 Å². The zero-order chi connectivity index (χ0) is 4.28. The monoisotopic (exact) mass is 110 g/mol. The van der Waals surface area contributed by atoms with E-state index in [1.165, 1.54) is 0 Å². The van der Waals surface area contributed by atoms with Crippen LogP contribution < -0.4 is 0 Å². The lowest BCUT2D eigenvalue weighted by Gasteiger charge is -1.91. The number of rotatable bonds is 1. The fourth-order valence-corrected chi connectivity index (χ4v) is 0. The van der Waals surface area contributed by atoms with Crippen LogP contribution in [-0.4, -0.2) is 26.7 Å². The zero-order valence-corrected chi connectivity index (χ0v) is 7.36. The largest absolute Gasteiger partial charge is 0.404 e. The Balaban J connectivity index is 2.54. The van der Waals surface area contributed by atoms with Crippen molar-refractivity contribution in [2.24, 2.45) is 0 Å². The molecule has 0 radical (unpaired) electrons. The van der Waals surface area contributed by atoms with Gasteiger partial charge in [0.05, 0.1) is 10.2 Å². The maximum Gasteiger partial charge on any atom is 0.161 e. The summed E-state index contributed by atoms with van der Waals surface area (Å²) in [7, 11) is 1.05. The molecule has 0 aliphatic carbocycles. The molecular weight excluding hydrogens is 103 g/mol. The fourth-order valence-electron chi connectivity index (χ4n) is 0. The summed E-state index contributed by atoms with van der Waals surface area (Å²) in [5.74, 6) is -0.915. The van der Waals surface area contributed by atoms with Gasteiger partial charge >= 0.3 is 0 Å². The van der Waals surface area contributed by atoms with Crippen LogP contribution in [0.3, 0.4) is 0 Å². The summed E-state index contributed by atoms with van der Waals surface area (Å²) in [6.45, 7) is 0. The molecule has 1 atom stereocenters. The highest BCUT2D eigenvalue weighted by Gasteiger charge is 1.83. The first-order chi connectivity index (χ1) is 2.27. The molecule has 0 rings (SSSR count). The van der Waals surface area contributed by atoms with Gasteiger partial charge in [-0.1, -0.05) is 0 Å². The zero-order valence-electron chi connectivity index (χ0n) is 3.36. The molecule has 1 unspecified atom stereocenters. The molecule has 0 heterocycles. The highest BCUT2D eigenvalue weighted by molar-refractivity contribution is 6.12. The van der Waals surface area contributed by atoms with Crippen LogP contribution in [0.5, 0.6) is 0 Å². The van der Waals surface area contributed by atoms with Crippen LogP contribution in [0.4, 0.5) is 4.39 Å². The quantitative estimate of drug-likeness (QED) is 0.351. The maximum atomic E-state index is 11.3. The molecule has 5 heavy (non-hydrogen) atoms. The van der Waals surface area contributed by atoms with Gasteiger partial charge in [0.25, 0.3) is 0 Å². The van der Waals surface area contributed by atoms with Gasteiger partial charge in [-0.25, -0.2) is 4.39 Å². The molecule has 0 aromatic heterocycles. The highest BCUT2D eigenvalue weighted by Crippen LogP contribution is 1.75. The van der Waals surface area contributed by atoms with E-state index in [0.29, 0.717) is 20.7 Å². The minimum Gasteiger partial charge on any atom is -0.404 e. The van der Waals surface area contributed by atoms with Crippen LogP contribution in [0.15, 0.2) is 0 Å². The molecule has 0 N–H and O–H groups in total. The molecule has 0 saturated heterocycles. The molecular formula is CH7FOSi2. The van der Waals surface area contributed by atoms with Gasteiger partial charge in [-0.2, -0.15) is 0 Å². The van der Waals surface area contributed by atoms with Gasteiger partial charge in [-0.3, -0.25) is 0 Å². The standard InChI is InChI=1S/CH7FOSi2/c2-1(4)3-5/h1H,4-5H3. The Labute approximate surface area is 36.5 Å². The summed E-state index contributed by atoms with van der Waals surface area (Å²) in [5, 5.41) is 0. The van der Waals surface area contributed by atoms with E-state index in [0.717, 1.165) is 0 Å². The molecule has 0 aliphatic heterocycles. The van der Waals surface area contributed by atoms with Gasteiger partial charge in [-0.15, -0.1) is 0 Å². The third-order valence-electron chi connectivity index (χ3n) is 0.325. The second-order valence-electron chi connectivity index (χ2n) is 0.779. The minimum absolute atomic E-state index is 0.515. The Hall–Kier alpha value is 0.324. The molecule has 1 nitrogen and oxygen atoms in total. The normalized spacial score (nSPS) is 16.2. The SMILES string of the molecule is FC([SiH3])O[SiH3]. The van der Waals surface area contributed by atoms with Gasteiger partial charge < -0.3 is 4.43 Å². The fraction of sp³-hybridized carbons (Fsp3) is 1.00. The Morgan fingerprint density at radius 3 is 2.00 bits per heavy atom. The molecule has 0 aliphatic rings. The molecule has 4 heteroatoms. The number of halogens is 1. The molecule has 0 saturated carbocycles. The molecule has 0 bridgehead atoms. The van der Waals surface area contributed by atoms with Gasteiger partial charge in [-0.05, 0) is 0 Å². The number of alkyl halides is 1. The maximum absolute atomic E-state index is 11.3. The van der Waals surface area contributed by atoms with Crippen molar-refractivity contribution in [1.29, 1.82) is 0 Å². The number of hydrogen-bond donors (Lipinski definition) is 0. The molecule has 0 amide bonds. The van der Waals surface area contributed by atoms with Crippen LogP contribution in [0.1, 0.15) is 0 Å². The van der Waals surface area contributed by atoms with Gasteiger partial charge in [0.15, 0.2) is 5.98 Å². The van der Waals surface area contributed by atoms with Crippen molar-refractivity contribution in [1.82, 2.24) is 0 Å². The second kappa shape index (κ2) is 2.56. The average Bonchev–Trinajstić information content (AvgIpc) is 1.38. The van der Waals surface area contributed by atoms with E-state index < -0.39 is 5.98 Å². The van der Waals surface area contributed by atoms with Crippen molar-refractivity contribution in [2.45, 2.75) is 5.98 Å². The van der Waals surface area contributed by atoms with Crippen molar-refractivity contribution < 1.29 is 8.82 Å². The van der Waals surface area contributed by atoms with Crippen LogP contribution in [0.25, 0.3) is 0 Å². The first kappa shape index (κ1) is 5.32. The van der Waals surface area contributed by atoms with Crippen LogP contribution in [0.2, 0.25) is 0 Å². The van der Waals surface area contributed by atoms with E-state index in [9.17, 15) is 4.39 Å². The van der Waals surface area contributed by atoms with Gasteiger partial charge in [0.2, 0.25) is 0 Å². The smallest absolute Gasteiger partial charge is 0.161 e. The van der Waals surface area contributed by atoms with E-state index in [4.69, 9.17) is 0 Å². The molecule has 0 aromatic rings. The van der Waals surface area contributed by atoms with E-state index >= 15 is 0 Å². The van der Waals surface area contributed by atoms with Crippen molar-refractivity contribution >= 4 is 20.7 Å². The summed E-state index contributed by atoms with van der Waals surface area (Å²) in [6, 6.07) is 0. The third-order valence-corrected chi connectivity index (χ3v) is 2.39. The Bertz CT molecular complexity index is 23.6. The summed E-state index contributed by atoms with van der Waals surface area (Å²) in [4.78, 5) is 0. The minimum atomic E-state index is -0.915. The summed E-state index contributed by atoms with van der Waals surface area (Å²) in [5.41, 5.74) is 0. The summed E-state index contributed by atoms with van der Waals surface area (Å²) < 4.78 is 15.6. The molecule has 0 spiro atoms. The molecule has 0 aromatic carbocycles. The van der Waals surface area contributed by atoms with E-state index in [2.05, 4.69) is 4.43 Å². The van der Waals surface area contributed by atoms with Crippen LogP contribution >= 0.6 is 0 Å². The van der Waals surface area contributed by atoms with Crippen molar-refractivity contribution in [3.8, 4) is 0 Å². The van der Waals surface area contributed by atoms with Crippen LogP contribution in [-0.2, 0) is 4.43 Å². The Kier molecular flexibility index (Phi) is 2.72. The lowest BCUT2D eigenvalue weighted by Crippen LogP contribution is -2.00. The molecule has 32 valence electrons. The second-order valence-corrected chi connectivity index (χ2v) is 2.16. The van der Waals surface area contributed by atoms with E-state index in [-0.39, 0.29) is 0 Å². The highest BCUT2D eigenvalue weighted by atomic mass is 28.2. The third kappa shape index (κ3) is 4.32. The van der Waals surface area contributed by atoms with E-state index in [1.54, 1.807) is 0 Å². The van der Waals surface area contributed by atoms with Gasteiger partial charge in [0.1, 0.15) is 10.5 Å². The number of hydrogen-bond acceptors (Lipinski definition) is 1. The summed E-state index contributed by atoms with van der Waals surface area (Å²) in [6.07, 6.45) is 0. The molecule has 0 fully saturated rings. The van der Waals surface area contributed by atoms with Crippen molar-refractivity contribution in [2.75, 3.05) is 0 Å². The van der Waals surface area contributed by atoms with Gasteiger partial charge in [0, 0.05) is 0 Å². The predicted molar refractivity (Wildman–Crippen MR) is 25.9 cm³/mol. The topological polar surface area (TPSA) is 9.23 Å². The predicted octanol–water partition coefficient (Wildman–Crippen LogP) is -2.10. The Morgan fingerprint density at radius 2 is 2.00 bits per heavy atom. The first-order valence-electron chi connectivity index (χ1n) is 1.44. The lowest BCUT2D eigenvalue weighted by molar-refractivity contribution is 0.160. The lowest BCUT2D eigenvalue weighted by atomic mass is 11.6.